The smallest absolute Gasteiger partial charge is 0.239 e. The van der Waals surface area contributed by atoms with Crippen LogP contribution in [0.25, 0.3) is 17.4 Å². The van der Waals surface area contributed by atoms with Gasteiger partial charge in [-0.15, -0.1) is 0 Å². The van der Waals surface area contributed by atoms with Crippen LogP contribution < -0.4 is 10.6 Å². The van der Waals surface area contributed by atoms with Gasteiger partial charge in [-0.1, -0.05) is 0 Å². The molecule has 4 heterocycles. The maximum atomic E-state index is 12.5. The molecular weight excluding hydrogens is 422 g/mol. The number of anilines is 1. The zero-order valence-electron chi connectivity index (χ0n) is 19.4. The minimum Gasteiger partial charge on any atom is -0.458 e. The number of nitrogens with zero attached hydrogens (tertiary/aromatic N) is 5. The van der Waals surface area contributed by atoms with Gasteiger partial charge in [-0.3, -0.25) is 9.69 Å². The van der Waals surface area contributed by atoms with Gasteiger partial charge in [-0.2, -0.15) is 5.10 Å². The minimum atomic E-state index is -0.166. The van der Waals surface area contributed by atoms with Crippen LogP contribution >= 0.6 is 0 Å². The normalized spacial score (nSPS) is 14.5. The van der Waals surface area contributed by atoms with Crippen molar-refractivity contribution in [1.29, 1.82) is 0 Å². The summed E-state index contributed by atoms with van der Waals surface area (Å²) in [5, 5.41) is 10.6. The molecule has 10 nitrogen and oxygen atoms in total. The van der Waals surface area contributed by atoms with Crippen LogP contribution in [0.4, 0.5) is 5.82 Å². The number of rotatable bonds is 9. The summed E-state index contributed by atoms with van der Waals surface area (Å²) in [6.45, 7) is 11.3. The van der Waals surface area contributed by atoms with E-state index in [0.29, 0.717) is 23.2 Å². The van der Waals surface area contributed by atoms with Crippen molar-refractivity contribution < 1.29 is 13.9 Å². The first-order valence-corrected chi connectivity index (χ1v) is 11.3. The van der Waals surface area contributed by atoms with Gasteiger partial charge >= 0.3 is 0 Å². The summed E-state index contributed by atoms with van der Waals surface area (Å²) in [5.41, 5.74) is 1.82. The Bertz CT molecular complexity index is 1090. The van der Waals surface area contributed by atoms with Gasteiger partial charge in [0.05, 0.1) is 25.5 Å². The third kappa shape index (κ3) is 6.25. The number of hydrogen-bond donors (Lipinski definition) is 2. The Kier molecular flexibility index (Phi) is 7.48. The van der Waals surface area contributed by atoms with Crippen molar-refractivity contribution in [2.24, 2.45) is 0 Å². The van der Waals surface area contributed by atoms with Gasteiger partial charge in [-0.25, -0.2) is 14.6 Å². The predicted octanol–water partition coefficient (Wildman–Crippen LogP) is 2.10. The van der Waals surface area contributed by atoms with Crippen LogP contribution in [0.5, 0.6) is 0 Å². The van der Waals surface area contributed by atoms with Crippen LogP contribution in [0.15, 0.2) is 28.7 Å². The third-order valence-electron chi connectivity index (χ3n) is 5.38. The molecule has 0 atom stereocenters. The van der Waals surface area contributed by atoms with Crippen molar-refractivity contribution in [3.63, 3.8) is 0 Å². The van der Waals surface area contributed by atoms with E-state index in [1.807, 2.05) is 39.0 Å². The fraction of sp³-hybridized carbons (Fsp3) is 0.478. The number of nitrogens with one attached hydrogen (secondary N) is 2. The second kappa shape index (κ2) is 10.7. The number of carbonyl (C=O) groups excluding carboxylic acids is 1. The number of furan rings is 1. The number of carbonyl (C=O) groups is 1. The largest absolute Gasteiger partial charge is 0.458 e. The molecule has 0 aromatic carbocycles. The lowest BCUT2D eigenvalue weighted by Crippen LogP contribution is -2.38. The van der Waals surface area contributed by atoms with Gasteiger partial charge in [0.25, 0.3) is 0 Å². The molecule has 3 aromatic heterocycles. The van der Waals surface area contributed by atoms with Crippen LogP contribution in [0, 0.1) is 20.8 Å². The number of amides is 1. The lowest BCUT2D eigenvalue weighted by Gasteiger charge is -2.26. The number of aromatic nitrogens is 4. The highest BCUT2D eigenvalue weighted by Crippen LogP contribution is 2.22. The molecule has 0 aliphatic carbocycles. The molecule has 1 saturated heterocycles. The molecule has 0 saturated carbocycles. The summed E-state index contributed by atoms with van der Waals surface area (Å²) in [7, 11) is 0. The van der Waals surface area contributed by atoms with Crippen molar-refractivity contribution >= 4 is 11.7 Å². The van der Waals surface area contributed by atoms with Gasteiger partial charge in [0.15, 0.2) is 17.4 Å². The predicted molar refractivity (Wildman–Crippen MR) is 124 cm³/mol. The maximum absolute atomic E-state index is 12.5. The average molecular weight is 454 g/mol. The molecule has 3 aromatic rings. The van der Waals surface area contributed by atoms with E-state index in [1.54, 1.807) is 10.7 Å². The Morgan fingerprint density at radius 1 is 1.12 bits per heavy atom. The Morgan fingerprint density at radius 3 is 2.64 bits per heavy atom. The number of hydrogen-bond acceptors (Lipinski definition) is 8. The summed E-state index contributed by atoms with van der Waals surface area (Å²) in [6, 6.07) is 7.36. The van der Waals surface area contributed by atoms with E-state index in [2.05, 4.69) is 30.6 Å². The molecule has 33 heavy (non-hydrogen) atoms. The van der Waals surface area contributed by atoms with Gasteiger partial charge in [0, 0.05) is 24.8 Å². The van der Waals surface area contributed by atoms with E-state index in [-0.39, 0.29) is 12.5 Å². The minimum absolute atomic E-state index is 0.166. The quantitative estimate of drug-likeness (QED) is 0.474. The van der Waals surface area contributed by atoms with Crippen LogP contribution in [0.2, 0.25) is 0 Å². The van der Waals surface area contributed by atoms with Crippen molar-refractivity contribution in [3.8, 4) is 17.4 Å². The SMILES string of the molecule is Cc1cc(C)n(-c2cc(NC(=O)CNCCCN3CCOCC3)nc(-c3ccc(C)o3)n2)n1. The molecule has 1 aliphatic heterocycles. The zero-order chi connectivity index (χ0) is 23.2. The monoisotopic (exact) mass is 453 g/mol. The molecule has 1 aliphatic rings. The van der Waals surface area contributed by atoms with Gasteiger partial charge in [-0.05, 0) is 58.5 Å². The maximum Gasteiger partial charge on any atom is 0.239 e. The summed E-state index contributed by atoms with van der Waals surface area (Å²) in [6.07, 6.45) is 0.977. The molecule has 2 N–H and O–H groups in total. The van der Waals surface area contributed by atoms with Crippen molar-refractivity contribution in [2.75, 3.05) is 51.3 Å². The Hall–Kier alpha value is -3.08. The van der Waals surface area contributed by atoms with Gasteiger partial charge in [0.1, 0.15) is 11.6 Å². The van der Waals surface area contributed by atoms with Crippen LogP contribution in [-0.4, -0.2) is 76.5 Å². The van der Waals surface area contributed by atoms with Gasteiger partial charge in [0.2, 0.25) is 5.91 Å². The molecule has 0 spiro atoms. The molecule has 0 radical (unpaired) electrons. The summed E-state index contributed by atoms with van der Waals surface area (Å²) >= 11 is 0. The number of ether oxygens (including phenoxy) is 1. The molecule has 1 amide bonds. The fourth-order valence-electron chi connectivity index (χ4n) is 3.77. The second-order valence-corrected chi connectivity index (χ2v) is 8.22. The van der Waals surface area contributed by atoms with E-state index in [4.69, 9.17) is 9.15 Å². The zero-order valence-corrected chi connectivity index (χ0v) is 19.4. The Labute approximate surface area is 193 Å². The molecule has 4 rings (SSSR count). The van der Waals surface area contributed by atoms with Crippen molar-refractivity contribution in [2.45, 2.75) is 27.2 Å². The van der Waals surface area contributed by atoms with E-state index >= 15 is 0 Å². The first kappa shape index (κ1) is 23.1. The number of aryl methyl sites for hydroxylation is 3. The molecule has 0 unspecified atom stereocenters. The molecule has 0 bridgehead atoms. The van der Waals surface area contributed by atoms with E-state index in [0.717, 1.165) is 63.0 Å². The first-order chi connectivity index (χ1) is 16.0. The topological polar surface area (TPSA) is 110 Å². The van der Waals surface area contributed by atoms with Crippen LogP contribution in [-0.2, 0) is 9.53 Å². The average Bonchev–Trinajstić information content (AvgIpc) is 3.38. The van der Waals surface area contributed by atoms with E-state index in [1.165, 1.54) is 0 Å². The lowest BCUT2D eigenvalue weighted by molar-refractivity contribution is -0.115. The van der Waals surface area contributed by atoms with Crippen molar-refractivity contribution in [3.05, 3.63) is 41.4 Å². The number of morpholine rings is 1. The van der Waals surface area contributed by atoms with Gasteiger partial charge < -0.3 is 19.8 Å². The summed E-state index contributed by atoms with van der Waals surface area (Å²) in [4.78, 5) is 24.0. The van der Waals surface area contributed by atoms with Crippen LogP contribution in [0.1, 0.15) is 23.6 Å². The van der Waals surface area contributed by atoms with E-state index in [9.17, 15) is 4.79 Å². The highest BCUT2D eigenvalue weighted by Gasteiger charge is 2.15. The third-order valence-corrected chi connectivity index (χ3v) is 5.38. The summed E-state index contributed by atoms with van der Waals surface area (Å²) < 4.78 is 12.8. The molecule has 176 valence electrons. The highest BCUT2D eigenvalue weighted by molar-refractivity contribution is 5.91. The fourth-order valence-corrected chi connectivity index (χ4v) is 3.77. The molecule has 1 fully saturated rings. The second-order valence-electron chi connectivity index (χ2n) is 8.22. The molecular formula is C23H31N7O3. The van der Waals surface area contributed by atoms with Crippen molar-refractivity contribution in [1.82, 2.24) is 30.0 Å². The first-order valence-electron chi connectivity index (χ1n) is 11.3. The standard InChI is InChI=1S/C23H31N7O3/c1-16-13-17(2)30(28-16)21-14-20(26-23(27-21)19-6-5-18(3)33-19)25-22(31)15-24-7-4-8-29-9-11-32-12-10-29/h5-6,13-14,24H,4,7-12,15H2,1-3H3,(H,25,26,27,31). The van der Waals surface area contributed by atoms with Crippen LogP contribution in [0.3, 0.4) is 0 Å². The summed E-state index contributed by atoms with van der Waals surface area (Å²) in [5.74, 6) is 2.48. The Morgan fingerprint density at radius 2 is 1.94 bits per heavy atom. The van der Waals surface area contributed by atoms with E-state index < -0.39 is 0 Å². The lowest BCUT2D eigenvalue weighted by atomic mass is 10.3. The Balaban J connectivity index is 1.40. The molecule has 10 heteroatoms. The highest BCUT2D eigenvalue weighted by atomic mass is 16.5.